The predicted octanol–water partition coefficient (Wildman–Crippen LogP) is 2.32. The first-order chi connectivity index (χ1) is 8.09. The van der Waals surface area contributed by atoms with Crippen LogP contribution in [-0.4, -0.2) is 28.1 Å². The fraction of sp³-hybridized carbons (Fsp3) is 0.462. The molecule has 3 nitrogen and oxygen atoms in total. The van der Waals surface area contributed by atoms with Crippen molar-refractivity contribution in [3.8, 4) is 0 Å². The normalized spacial score (nSPS) is 21.3. The summed E-state index contributed by atoms with van der Waals surface area (Å²) in [6, 6.07) is 5.80. The Hall–Kier alpha value is -0.870. The van der Waals surface area contributed by atoms with Gasteiger partial charge < -0.3 is 10.0 Å². The summed E-state index contributed by atoms with van der Waals surface area (Å²) < 4.78 is 0.850. The molecule has 1 aromatic carbocycles. The zero-order chi connectivity index (χ0) is 12.0. The molecule has 1 aliphatic carbocycles. The summed E-state index contributed by atoms with van der Waals surface area (Å²) >= 11 is 3.42. The van der Waals surface area contributed by atoms with Crippen LogP contribution in [-0.2, 0) is 6.54 Å². The number of carbonyl (C=O) groups is 1. The highest BCUT2D eigenvalue weighted by molar-refractivity contribution is 9.10. The fourth-order valence-corrected chi connectivity index (χ4v) is 3.18. The van der Waals surface area contributed by atoms with E-state index in [1.165, 1.54) is 0 Å². The van der Waals surface area contributed by atoms with Gasteiger partial charge in [-0.3, -0.25) is 4.79 Å². The Morgan fingerprint density at radius 3 is 2.76 bits per heavy atom. The molecule has 1 heterocycles. The van der Waals surface area contributed by atoms with Crippen molar-refractivity contribution >= 4 is 21.8 Å². The SMILES string of the molecule is O=C1c2c(Br)cccc2CN1CC1(O)CCC1. The van der Waals surface area contributed by atoms with Crippen LogP contribution >= 0.6 is 15.9 Å². The van der Waals surface area contributed by atoms with E-state index in [1.54, 1.807) is 4.90 Å². The Morgan fingerprint density at radius 2 is 2.18 bits per heavy atom. The summed E-state index contributed by atoms with van der Waals surface area (Å²) in [5.74, 6) is 0.0350. The van der Waals surface area contributed by atoms with E-state index in [1.807, 2.05) is 18.2 Å². The van der Waals surface area contributed by atoms with Gasteiger partial charge in [0, 0.05) is 11.0 Å². The van der Waals surface area contributed by atoms with Crippen molar-refractivity contribution in [1.29, 1.82) is 0 Å². The Morgan fingerprint density at radius 1 is 1.41 bits per heavy atom. The number of amides is 1. The molecule has 0 spiro atoms. The molecule has 0 radical (unpaired) electrons. The van der Waals surface area contributed by atoms with Crippen LogP contribution in [0.4, 0.5) is 0 Å². The average molecular weight is 296 g/mol. The molecule has 1 fully saturated rings. The molecule has 0 bridgehead atoms. The second-order valence-corrected chi connectivity index (χ2v) is 5.87. The highest BCUT2D eigenvalue weighted by Crippen LogP contribution is 2.36. The van der Waals surface area contributed by atoms with E-state index in [2.05, 4.69) is 15.9 Å². The Balaban J connectivity index is 1.84. The molecule has 4 heteroatoms. The maximum atomic E-state index is 12.2. The minimum Gasteiger partial charge on any atom is -0.388 e. The number of benzene rings is 1. The molecule has 0 saturated heterocycles. The molecule has 1 amide bonds. The summed E-state index contributed by atoms with van der Waals surface area (Å²) in [6.45, 7) is 1.09. The predicted molar refractivity (Wildman–Crippen MR) is 67.7 cm³/mol. The summed E-state index contributed by atoms with van der Waals surface area (Å²) in [4.78, 5) is 14.0. The van der Waals surface area contributed by atoms with Crippen LogP contribution in [0, 0.1) is 0 Å². The standard InChI is InChI=1S/C13H14BrNO2/c14-10-4-1-3-9-7-15(12(16)11(9)10)8-13(17)5-2-6-13/h1,3-4,17H,2,5-8H2. The largest absolute Gasteiger partial charge is 0.388 e. The molecule has 2 aliphatic rings. The first kappa shape index (κ1) is 11.2. The number of rotatable bonds is 2. The molecule has 1 aliphatic heterocycles. The van der Waals surface area contributed by atoms with E-state index < -0.39 is 5.60 Å². The number of β-amino-alcohol motifs (C(OH)–C–C–N with tert-alkyl or cyclic N) is 1. The molecule has 0 atom stereocenters. The molecule has 3 rings (SSSR count). The minimum absolute atomic E-state index is 0.0350. The summed E-state index contributed by atoms with van der Waals surface area (Å²) in [5, 5.41) is 10.1. The maximum Gasteiger partial charge on any atom is 0.255 e. The minimum atomic E-state index is -0.635. The third-order valence-electron chi connectivity index (χ3n) is 3.73. The van der Waals surface area contributed by atoms with Crippen molar-refractivity contribution < 1.29 is 9.90 Å². The highest BCUT2D eigenvalue weighted by atomic mass is 79.9. The third kappa shape index (κ3) is 1.79. The number of hydrogen-bond acceptors (Lipinski definition) is 2. The summed E-state index contributed by atoms with van der Waals surface area (Å²) in [5.41, 5.74) is 1.17. The monoisotopic (exact) mass is 295 g/mol. The van der Waals surface area contributed by atoms with Gasteiger partial charge in [-0.15, -0.1) is 0 Å². The summed E-state index contributed by atoms with van der Waals surface area (Å²) in [7, 11) is 0. The van der Waals surface area contributed by atoms with Crippen molar-refractivity contribution in [3.63, 3.8) is 0 Å². The van der Waals surface area contributed by atoms with Crippen LogP contribution in [0.15, 0.2) is 22.7 Å². The fourth-order valence-electron chi connectivity index (χ4n) is 2.60. The highest BCUT2D eigenvalue weighted by Gasteiger charge is 2.40. The molecule has 17 heavy (non-hydrogen) atoms. The number of hydrogen-bond donors (Lipinski definition) is 1. The zero-order valence-corrected chi connectivity index (χ0v) is 11.0. The maximum absolute atomic E-state index is 12.2. The van der Waals surface area contributed by atoms with Gasteiger partial charge in [-0.2, -0.15) is 0 Å². The van der Waals surface area contributed by atoms with Gasteiger partial charge in [0.25, 0.3) is 5.91 Å². The van der Waals surface area contributed by atoms with Gasteiger partial charge in [0.2, 0.25) is 0 Å². The van der Waals surface area contributed by atoms with Crippen LogP contribution in [0.1, 0.15) is 35.2 Å². The molecular weight excluding hydrogens is 282 g/mol. The smallest absolute Gasteiger partial charge is 0.255 e. The van der Waals surface area contributed by atoms with E-state index in [9.17, 15) is 9.90 Å². The van der Waals surface area contributed by atoms with E-state index in [-0.39, 0.29) is 5.91 Å². The van der Waals surface area contributed by atoms with Crippen LogP contribution in [0.5, 0.6) is 0 Å². The Labute approximate surface area is 109 Å². The van der Waals surface area contributed by atoms with E-state index in [0.717, 1.165) is 34.9 Å². The van der Waals surface area contributed by atoms with Crippen LogP contribution in [0.2, 0.25) is 0 Å². The van der Waals surface area contributed by atoms with Crippen molar-refractivity contribution in [1.82, 2.24) is 4.90 Å². The first-order valence-electron chi connectivity index (χ1n) is 5.88. The quantitative estimate of drug-likeness (QED) is 0.910. The molecule has 1 aromatic rings. The lowest BCUT2D eigenvalue weighted by atomic mass is 9.80. The Kier molecular flexibility index (Phi) is 2.52. The van der Waals surface area contributed by atoms with E-state index >= 15 is 0 Å². The molecule has 0 unspecified atom stereocenters. The van der Waals surface area contributed by atoms with Crippen LogP contribution in [0.25, 0.3) is 0 Å². The van der Waals surface area contributed by atoms with Crippen molar-refractivity contribution in [3.05, 3.63) is 33.8 Å². The first-order valence-corrected chi connectivity index (χ1v) is 6.67. The lowest BCUT2D eigenvalue weighted by molar-refractivity contribution is -0.0535. The van der Waals surface area contributed by atoms with Crippen LogP contribution < -0.4 is 0 Å². The lowest BCUT2D eigenvalue weighted by Gasteiger charge is -2.39. The lowest BCUT2D eigenvalue weighted by Crippen LogP contribution is -2.48. The number of carbonyl (C=O) groups excluding carboxylic acids is 1. The summed E-state index contributed by atoms with van der Waals surface area (Å²) in [6.07, 6.45) is 2.69. The second-order valence-electron chi connectivity index (χ2n) is 5.01. The average Bonchev–Trinajstić information content (AvgIpc) is 2.55. The van der Waals surface area contributed by atoms with Crippen molar-refractivity contribution in [2.45, 2.75) is 31.4 Å². The van der Waals surface area contributed by atoms with Gasteiger partial charge >= 0.3 is 0 Å². The number of nitrogens with zero attached hydrogens (tertiary/aromatic N) is 1. The Bertz CT molecular complexity index is 482. The van der Waals surface area contributed by atoms with Gasteiger partial charge in [-0.05, 0) is 46.8 Å². The third-order valence-corrected chi connectivity index (χ3v) is 4.39. The molecule has 1 saturated carbocycles. The van der Waals surface area contributed by atoms with Gasteiger partial charge in [0.15, 0.2) is 0 Å². The van der Waals surface area contributed by atoms with Crippen molar-refractivity contribution in [2.75, 3.05) is 6.54 Å². The van der Waals surface area contributed by atoms with E-state index in [4.69, 9.17) is 0 Å². The number of aliphatic hydroxyl groups is 1. The molecule has 1 N–H and O–H groups in total. The molecule has 90 valence electrons. The molecular formula is C13H14BrNO2. The topological polar surface area (TPSA) is 40.5 Å². The van der Waals surface area contributed by atoms with Crippen molar-refractivity contribution in [2.24, 2.45) is 0 Å². The van der Waals surface area contributed by atoms with Crippen LogP contribution in [0.3, 0.4) is 0 Å². The molecule has 0 aromatic heterocycles. The zero-order valence-electron chi connectivity index (χ0n) is 9.45. The number of fused-ring (bicyclic) bond motifs is 1. The van der Waals surface area contributed by atoms with Gasteiger partial charge in [0.05, 0.1) is 17.7 Å². The second kappa shape index (κ2) is 3.82. The van der Waals surface area contributed by atoms with Gasteiger partial charge in [0.1, 0.15) is 0 Å². The van der Waals surface area contributed by atoms with Gasteiger partial charge in [-0.1, -0.05) is 12.1 Å². The van der Waals surface area contributed by atoms with Gasteiger partial charge in [-0.25, -0.2) is 0 Å². The number of halogens is 1. The van der Waals surface area contributed by atoms with E-state index in [0.29, 0.717) is 13.1 Å².